The number of amides is 1. The first kappa shape index (κ1) is 13.9. The number of rotatable bonds is 3. The zero-order valence-electron chi connectivity index (χ0n) is 10.9. The van der Waals surface area contributed by atoms with Crippen molar-refractivity contribution in [2.75, 3.05) is 19.6 Å². The van der Waals surface area contributed by atoms with E-state index in [2.05, 4.69) is 17.6 Å². The second-order valence-corrected chi connectivity index (χ2v) is 5.10. The molecule has 1 aliphatic rings. The lowest BCUT2D eigenvalue weighted by Gasteiger charge is -2.29. The van der Waals surface area contributed by atoms with Gasteiger partial charge >= 0.3 is 0 Å². The molecule has 2 rings (SSSR count). The minimum Gasteiger partial charge on any atom is -0.352 e. The molecule has 1 saturated heterocycles. The largest absolute Gasteiger partial charge is 0.352 e. The van der Waals surface area contributed by atoms with E-state index in [-0.39, 0.29) is 5.56 Å². The second kappa shape index (κ2) is 6.10. The fourth-order valence-electron chi connectivity index (χ4n) is 2.38. The molecule has 1 aromatic rings. The Bertz CT molecular complexity index is 445. The highest BCUT2D eigenvalue weighted by Crippen LogP contribution is 2.17. The molecule has 0 saturated carbocycles. The van der Waals surface area contributed by atoms with Crippen LogP contribution in [0.2, 0.25) is 0 Å². The van der Waals surface area contributed by atoms with E-state index in [0.717, 1.165) is 37.7 Å². The molecule has 1 heterocycles. The number of halogens is 2. The van der Waals surface area contributed by atoms with E-state index in [0.29, 0.717) is 18.4 Å². The summed E-state index contributed by atoms with van der Waals surface area (Å²) < 4.78 is 26.0. The Labute approximate surface area is 111 Å². The van der Waals surface area contributed by atoms with Crippen molar-refractivity contribution in [2.45, 2.75) is 13.3 Å². The summed E-state index contributed by atoms with van der Waals surface area (Å²) in [5.41, 5.74) is 0.0269. The van der Waals surface area contributed by atoms with Crippen molar-refractivity contribution in [3.8, 4) is 0 Å². The van der Waals surface area contributed by atoms with E-state index < -0.39 is 17.5 Å². The van der Waals surface area contributed by atoms with Gasteiger partial charge < -0.3 is 10.6 Å². The molecule has 3 nitrogen and oxygen atoms in total. The van der Waals surface area contributed by atoms with Gasteiger partial charge in [0.15, 0.2) is 0 Å². The maximum absolute atomic E-state index is 13.0. The number of hydrogen-bond acceptors (Lipinski definition) is 2. The van der Waals surface area contributed by atoms with E-state index in [1.165, 1.54) is 0 Å². The Morgan fingerprint density at radius 2 is 2.05 bits per heavy atom. The molecule has 19 heavy (non-hydrogen) atoms. The molecular formula is C14H18F2N2O. The van der Waals surface area contributed by atoms with E-state index in [1.807, 2.05) is 0 Å². The third kappa shape index (κ3) is 3.73. The van der Waals surface area contributed by atoms with Gasteiger partial charge in [0.2, 0.25) is 0 Å². The van der Waals surface area contributed by atoms with Gasteiger partial charge in [0.05, 0.1) is 0 Å². The minimum atomic E-state index is -0.736. The average Bonchev–Trinajstić information content (AvgIpc) is 2.36. The molecule has 0 aliphatic carbocycles. The third-order valence-electron chi connectivity index (χ3n) is 3.61. The van der Waals surface area contributed by atoms with Crippen LogP contribution in [0.1, 0.15) is 23.7 Å². The predicted octanol–water partition coefficient (Wildman–Crippen LogP) is 1.94. The fourth-order valence-corrected chi connectivity index (χ4v) is 2.38. The van der Waals surface area contributed by atoms with Crippen molar-refractivity contribution in [1.29, 1.82) is 0 Å². The van der Waals surface area contributed by atoms with Gasteiger partial charge in [-0.3, -0.25) is 4.79 Å². The average molecular weight is 268 g/mol. The summed E-state index contributed by atoms with van der Waals surface area (Å²) in [6.07, 6.45) is 0.999. The lowest BCUT2D eigenvalue weighted by molar-refractivity contribution is 0.0937. The van der Waals surface area contributed by atoms with Crippen molar-refractivity contribution in [2.24, 2.45) is 11.8 Å². The van der Waals surface area contributed by atoms with Crippen LogP contribution in [0.5, 0.6) is 0 Å². The van der Waals surface area contributed by atoms with Gasteiger partial charge in [-0.1, -0.05) is 6.92 Å². The van der Waals surface area contributed by atoms with Crippen LogP contribution >= 0.6 is 0 Å². The lowest BCUT2D eigenvalue weighted by Crippen LogP contribution is -2.41. The number of hydrogen-bond donors (Lipinski definition) is 2. The molecular weight excluding hydrogens is 250 g/mol. The molecule has 2 N–H and O–H groups in total. The van der Waals surface area contributed by atoms with Crippen molar-refractivity contribution < 1.29 is 13.6 Å². The Hall–Kier alpha value is -1.49. The van der Waals surface area contributed by atoms with Crippen LogP contribution in [0.25, 0.3) is 0 Å². The quantitative estimate of drug-likeness (QED) is 0.879. The molecule has 0 spiro atoms. The van der Waals surface area contributed by atoms with Crippen LogP contribution in [0, 0.1) is 23.5 Å². The van der Waals surface area contributed by atoms with Gasteiger partial charge in [-0.2, -0.15) is 0 Å². The van der Waals surface area contributed by atoms with Crippen LogP contribution < -0.4 is 10.6 Å². The van der Waals surface area contributed by atoms with Gasteiger partial charge in [0.1, 0.15) is 11.6 Å². The van der Waals surface area contributed by atoms with Crippen LogP contribution in [0.4, 0.5) is 8.78 Å². The van der Waals surface area contributed by atoms with Crippen LogP contribution in [-0.2, 0) is 0 Å². The molecule has 104 valence electrons. The Balaban J connectivity index is 1.93. The van der Waals surface area contributed by atoms with Crippen molar-refractivity contribution >= 4 is 5.91 Å². The van der Waals surface area contributed by atoms with Crippen LogP contribution in [0.3, 0.4) is 0 Å². The van der Waals surface area contributed by atoms with Crippen molar-refractivity contribution in [1.82, 2.24) is 10.6 Å². The summed E-state index contributed by atoms with van der Waals surface area (Å²) in [6, 6.07) is 2.85. The predicted molar refractivity (Wildman–Crippen MR) is 68.8 cm³/mol. The summed E-state index contributed by atoms with van der Waals surface area (Å²) >= 11 is 0. The molecule has 1 fully saturated rings. The number of carbonyl (C=O) groups excluding carboxylic acids is 1. The monoisotopic (exact) mass is 268 g/mol. The molecule has 1 aromatic carbocycles. The standard InChI is InChI=1S/C14H18F2N2O/c1-9-7-17-3-2-10(9)8-18-14(19)11-4-12(15)6-13(16)5-11/h4-6,9-10,17H,2-3,7-8H2,1H3,(H,18,19). The van der Waals surface area contributed by atoms with Crippen molar-refractivity contribution in [3.05, 3.63) is 35.4 Å². The number of nitrogens with one attached hydrogen (secondary N) is 2. The van der Waals surface area contributed by atoms with Crippen molar-refractivity contribution in [3.63, 3.8) is 0 Å². The zero-order valence-corrected chi connectivity index (χ0v) is 10.9. The number of piperidine rings is 1. The summed E-state index contributed by atoms with van der Waals surface area (Å²) in [7, 11) is 0. The highest BCUT2D eigenvalue weighted by atomic mass is 19.1. The highest BCUT2D eigenvalue weighted by Gasteiger charge is 2.21. The van der Waals surface area contributed by atoms with Crippen LogP contribution in [-0.4, -0.2) is 25.5 Å². The topological polar surface area (TPSA) is 41.1 Å². The van der Waals surface area contributed by atoms with Gasteiger partial charge in [0.25, 0.3) is 5.91 Å². The molecule has 1 amide bonds. The van der Waals surface area contributed by atoms with E-state index in [9.17, 15) is 13.6 Å². The van der Waals surface area contributed by atoms with Gasteiger partial charge in [-0.25, -0.2) is 8.78 Å². The molecule has 1 aliphatic heterocycles. The maximum Gasteiger partial charge on any atom is 0.251 e. The van der Waals surface area contributed by atoms with E-state index >= 15 is 0 Å². The second-order valence-electron chi connectivity index (χ2n) is 5.10. The van der Waals surface area contributed by atoms with E-state index in [4.69, 9.17) is 0 Å². The Morgan fingerprint density at radius 1 is 1.37 bits per heavy atom. The molecule has 2 unspecified atom stereocenters. The maximum atomic E-state index is 13.0. The summed E-state index contributed by atoms with van der Waals surface area (Å²) in [5.74, 6) is -1.01. The normalized spacial score (nSPS) is 23.1. The lowest BCUT2D eigenvalue weighted by atomic mass is 9.88. The fraction of sp³-hybridized carbons (Fsp3) is 0.500. The molecule has 0 bridgehead atoms. The molecule has 0 aromatic heterocycles. The van der Waals surface area contributed by atoms with Gasteiger partial charge in [-0.15, -0.1) is 0 Å². The Morgan fingerprint density at radius 3 is 2.68 bits per heavy atom. The first-order valence-corrected chi connectivity index (χ1v) is 6.51. The minimum absolute atomic E-state index is 0.0269. The summed E-state index contributed by atoms with van der Waals surface area (Å²) in [5, 5.41) is 6.04. The third-order valence-corrected chi connectivity index (χ3v) is 3.61. The smallest absolute Gasteiger partial charge is 0.251 e. The highest BCUT2D eigenvalue weighted by molar-refractivity contribution is 5.94. The molecule has 5 heteroatoms. The van der Waals surface area contributed by atoms with Gasteiger partial charge in [-0.05, 0) is 43.5 Å². The summed E-state index contributed by atoms with van der Waals surface area (Å²) in [6.45, 7) is 4.55. The number of carbonyl (C=O) groups is 1. The molecule has 2 atom stereocenters. The zero-order chi connectivity index (χ0) is 13.8. The first-order valence-electron chi connectivity index (χ1n) is 6.51. The molecule has 0 radical (unpaired) electrons. The summed E-state index contributed by atoms with van der Waals surface area (Å²) in [4.78, 5) is 11.8. The van der Waals surface area contributed by atoms with E-state index in [1.54, 1.807) is 0 Å². The Kier molecular flexibility index (Phi) is 4.47. The number of benzene rings is 1. The van der Waals surface area contributed by atoms with Crippen LogP contribution in [0.15, 0.2) is 18.2 Å². The van der Waals surface area contributed by atoms with Gasteiger partial charge in [0, 0.05) is 18.2 Å². The first-order chi connectivity index (χ1) is 9.06. The SMILES string of the molecule is CC1CNCCC1CNC(=O)c1cc(F)cc(F)c1.